The lowest BCUT2D eigenvalue weighted by atomic mass is 9.89. The Labute approximate surface area is 115 Å². The number of nitro benzene ring substituents is 1. The lowest BCUT2D eigenvalue weighted by molar-refractivity contribution is -0.383. The largest absolute Gasteiger partial charge is 0.488 e. The summed E-state index contributed by atoms with van der Waals surface area (Å²) in [5.41, 5.74) is 0.608. The molecule has 1 aromatic heterocycles. The lowest BCUT2D eigenvalue weighted by Gasteiger charge is -2.35. The number of nitrogens with zero attached hydrogens (tertiary/aromatic N) is 2. The standard InChI is InChI=1S/C14H15N3O3/c1-15-9-7-10(8-9)20-13-5-4-12(17(18)19)11-3-2-6-16-14(11)13/h2-6,9-10,15H,7-8H2,1H3. The number of non-ortho nitro benzene ring substituents is 1. The first kappa shape index (κ1) is 12.8. The predicted molar refractivity (Wildman–Crippen MR) is 74.9 cm³/mol. The number of benzene rings is 1. The van der Waals surface area contributed by atoms with Gasteiger partial charge in [0.25, 0.3) is 5.69 Å². The molecule has 0 atom stereocenters. The fourth-order valence-corrected chi connectivity index (χ4v) is 2.46. The second-order valence-corrected chi connectivity index (χ2v) is 4.94. The monoisotopic (exact) mass is 273 g/mol. The quantitative estimate of drug-likeness (QED) is 0.683. The van der Waals surface area contributed by atoms with Crippen LogP contribution in [0.15, 0.2) is 30.5 Å². The summed E-state index contributed by atoms with van der Waals surface area (Å²) in [6.07, 6.45) is 3.67. The minimum atomic E-state index is -0.395. The molecule has 0 aliphatic heterocycles. The van der Waals surface area contributed by atoms with E-state index in [0.717, 1.165) is 12.8 Å². The van der Waals surface area contributed by atoms with Crippen molar-refractivity contribution in [3.8, 4) is 5.75 Å². The highest BCUT2D eigenvalue weighted by atomic mass is 16.6. The molecule has 1 N–H and O–H groups in total. The first-order valence-electron chi connectivity index (χ1n) is 6.55. The molecule has 6 heteroatoms. The Hall–Kier alpha value is -2.21. The van der Waals surface area contributed by atoms with E-state index in [2.05, 4.69) is 10.3 Å². The van der Waals surface area contributed by atoms with Crippen molar-refractivity contribution in [1.82, 2.24) is 10.3 Å². The minimum Gasteiger partial charge on any atom is -0.488 e. The number of hydrogen-bond acceptors (Lipinski definition) is 5. The molecule has 1 aromatic carbocycles. The highest BCUT2D eigenvalue weighted by molar-refractivity contribution is 5.92. The normalized spacial score (nSPS) is 21.4. The van der Waals surface area contributed by atoms with Crippen LogP contribution in [0.2, 0.25) is 0 Å². The molecular weight excluding hydrogens is 258 g/mol. The van der Waals surface area contributed by atoms with Crippen LogP contribution >= 0.6 is 0 Å². The highest BCUT2D eigenvalue weighted by Gasteiger charge is 2.30. The van der Waals surface area contributed by atoms with Crippen LogP contribution in [0, 0.1) is 10.1 Å². The van der Waals surface area contributed by atoms with Gasteiger partial charge in [0.2, 0.25) is 0 Å². The highest BCUT2D eigenvalue weighted by Crippen LogP contribution is 2.34. The van der Waals surface area contributed by atoms with Crippen LogP contribution in [0.5, 0.6) is 5.75 Å². The van der Waals surface area contributed by atoms with E-state index in [-0.39, 0.29) is 11.8 Å². The molecule has 1 aliphatic rings. The van der Waals surface area contributed by atoms with Crippen molar-refractivity contribution in [3.63, 3.8) is 0 Å². The second-order valence-electron chi connectivity index (χ2n) is 4.94. The van der Waals surface area contributed by atoms with Gasteiger partial charge in [-0.3, -0.25) is 15.1 Å². The summed E-state index contributed by atoms with van der Waals surface area (Å²) in [6, 6.07) is 7.01. The molecule has 0 saturated heterocycles. The number of nitrogens with one attached hydrogen (secondary N) is 1. The summed E-state index contributed by atoms with van der Waals surface area (Å²) in [5.74, 6) is 0.616. The van der Waals surface area contributed by atoms with Crippen molar-refractivity contribution in [3.05, 3.63) is 40.6 Å². The van der Waals surface area contributed by atoms with Crippen molar-refractivity contribution < 1.29 is 9.66 Å². The molecule has 104 valence electrons. The number of fused-ring (bicyclic) bond motifs is 1. The molecule has 20 heavy (non-hydrogen) atoms. The van der Waals surface area contributed by atoms with E-state index in [0.29, 0.717) is 22.7 Å². The zero-order valence-electron chi connectivity index (χ0n) is 11.1. The van der Waals surface area contributed by atoms with Crippen LogP contribution < -0.4 is 10.1 Å². The lowest BCUT2D eigenvalue weighted by Crippen LogP contribution is -2.45. The second kappa shape index (κ2) is 5.05. The number of hydrogen-bond donors (Lipinski definition) is 1. The van der Waals surface area contributed by atoms with Crippen molar-refractivity contribution in [1.29, 1.82) is 0 Å². The molecular formula is C14H15N3O3. The van der Waals surface area contributed by atoms with Crippen molar-refractivity contribution in [2.24, 2.45) is 0 Å². The molecule has 1 aliphatic carbocycles. The van der Waals surface area contributed by atoms with Gasteiger partial charge in [-0.05, 0) is 38.1 Å². The molecule has 2 aromatic rings. The Morgan fingerprint density at radius 2 is 2.20 bits per heavy atom. The molecule has 0 unspecified atom stereocenters. The zero-order chi connectivity index (χ0) is 14.1. The van der Waals surface area contributed by atoms with E-state index >= 15 is 0 Å². The van der Waals surface area contributed by atoms with Gasteiger partial charge in [-0.1, -0.05) is 0 Å². The summed E-state index contributed by atoms with van der Waals surface area (Å²) in [7, 11) is 1.93. The van der Waals surface area contributed by atoms with Gasteiger partial charge in [0, 0.05) is 18.3 Å². The molecule has 6 nitrogen and oxygen atoms in total. The van der Waals surface area contributed by atoms with Crippen molar-refractivity contribution in [2.45, 2.75) is 25.0 Å². The Kier molecular flexibility index (Phi) is 3.23. The topological polar surface area (TPSA) is 77.3 Å². The van der Waals surface area contributed by atoms with Gasteiger partial charge < -0.3 is 10.1 Å². The summed E-state index contributed by atoms with van der Waals surface area (Å²) < 4.78 is 5.91. The van der Waals surface area contributed by atoms with Crippen LogP contribution in [0.3, 0.4) is 0 Å². The maximum atomic E-state index is 11.0. The third kappa shape index (κ3) is 2.18. The molecule has 1 fully saturated rings. The van der Waals surface area contributed by atoms with Gasteiger partial charge >= 0.3 is 0 Å². The molecule has 0 spiro atoms. The van der Waals surface area contributed by atoms with Gasteiger partial charge in [0.1, 0.15) is 17.4 Å². The van der Waals surface area contributed by atoms with Gasteiger partial charge in [-0.25, -0.2) is 0 Å². The number of rotatable bonds is 4. The van der Waals surface area contributed by atoms with E-state index < -0.39 is 4.92 Å². The smallest absolute Gasteiger partial charge is 0.279 e. The van der Waals surface area contributed by atoms with Crippen LogP contribution in [0.4, 0.5) is 5.69 Å². The average molecular weight is 273 g/mol. The van der Waals surface area contributed by atoms with Gasteiger partial charge in [-0.2, -0.15) is 0 Å². The fourth-order valence-electron chi connectivity index (χ4n) is 2.46. The summed E-state index contributed by atoms with van der Waals surface area (Å²) in [6.45, 7) is 0. The predicted octanol–water partition coefficient (Wildman–Crippen LogP) is 2.27. The molecule has 1 saturated carbocycles. The Bertz CT molecular complexity index is 653. The zero-order valence-corrected chi connectivity index (χ0v) is 11.1. The Balaban J connectivity index is 1.92. The number of aromatic nitrogens is 1. The fraction of sp³-hybridized carbons (Fsp3) is 0.357. The minimum absolute atomic E-state index is 0.0576. The van der Waals surface area contributed by atoms with E-state index in [1.54, 1.807) is 24.4 Å². The van der Waals surface area contributed by atoms with Crippen LogP contribution in [-0.4, -0.2) is 29.1 Å². The summed E-state index contributed by atoms with van der Waals surface area (Å²) in [5, 5.41) is 14.7. The third-order valence-corrected chi connectivity index (χ3v) is 3.70. The molecule has 0 bridgehead atoms. The van der Waals surface area contributed by atoms with Crippen LogP contribution in [0.1, 0.15) is 12.8 Å². The molecule has 3 rings (SSSR count). The van der Waals surface area contributed by atoms with Crippen LogP contribution in [0.25, 0.3) is 10.9 Å². The first-order valence-corrected chi connectivity index (χ1v) is 6.55. The number of nitro groups is 1. The number of ether oxygens (including phenoxy) is 1. The van der Waals surface area contributed by atoms with Gasteiger partial charge in [0.15, 0.2) is 0 Å². The van der Waals surface area contributed by atoms with Gasteiger partial charge in [0.05, 0.1) is 10.3 Å². The number of pyridine rings is 1. The molecule has 0 radical (unpaired) electrons. The van der Waals surface area contributed by atoms with E-state index in [1.807, 2.05) is 7.05 Å². The first-order chi connectivity index (χ1) is 9.69. The van der Waals surface area contributed by atoms with E-state index in [1.165, 1.54) is 6.07 Å². The maximum absolute atomic E-state index is 11.0. The average Bonchev–Trinajstić information content (AvgIpc) is 2.41. The Morgan fingerprint density at radius 3 is 2.90 bits per heavy atom. The van der Waals surface area contributed by atoms with Crippen molar-refractivity contribution >= 4 is 16.6 Å². The molecule has 1 heterocycles. The molecule has 0 amide bonds. The maximum Gasteiger partial charge on any atom is 0.279 e. The Morgan fingerprint density at radius 1 is 1.40 bits per heavy atom. The van der Waals surface area contributed by atoms with Crippen molar-refractivity contribution in [2.75, 3.05) is 7.05 Å². The van der Waals surface area contributed by atoms with Crippen LogP contribution in [-0.2, 0) is 0 Å². The summed E-state index contributed by atoms with van der Waals surface area (Å²) in [4.78, 5) is 14.9. The third-order valence-electron chi connectivity index (χ3n) is 3.70. The SMILES string of the molecule is CNC1CC(Oc2ccc([N+](=O)[O-])c3cccnc23)C1. The summed E-state index contributed by atoms with van der Waals surface area (Å²) >= 11 is 0. The van der Waals surface area contributed by atoms with E-state index in [4.69, 9.17) is 4.74 Å². The van der Waals surface area contributed by atoms with E-state index in [9.17, 15) is 10.1 Å². The van der Waals surface area contributed by atoms with Gasteiger partial charge in [-0.15, -0.1) is 0 Å².